The Labute approximate surface area is 149 Å². The van der Waals surface area contributed by atoms with Crippen molar-refractivity contribution in [2.24, 2.45) is 7.05 Å². The predicted molar refractivity (Wildman–Crippen MR) is 95.1 cm³/mol. The lowest BCUT2D eigenvalue weighted by Gasteiger charge is -2.11. The number of hydrogen-bond donors (Lipinski definition) is 1. The zero-order valence-electron chi connectivity index (χ0n) is 13.7. The van der Waals surface area contributed by atoms with Crippen molar-refractivity contribution in [2.45, 2.75) is 11.3 Å². The Morgan fingerprint density at radius 2 is 1.84 bits per heavy atom. The lowest BCUT2D eigenvalue weighted by Crippen LogP contribution is -2.20. The van der Waals surface area contributed by atoms with Gasteiger partial charge in [0.1, 0.15) is 18.2 Å². The summed E-state index contributed by atoms with van der Waals surface area (Å²) >= 11 is 1.35. The van der Waals surface area contributed by atoms with Gasteiger partial charge in [-0.15, -0.1) is 10.2 Å². The third-order valence-corrected chi connectivity index (χ3v) is 4.71. The van der Waals surface area contributed by atoms with E-state index < -0.39 is 6.10 Å². The second kappa shape index (κ2) is 8.13. The number of ether oxygens (including phenoxy) is 1. The highest BCUT2D eigenvalue weighted by molar-refractivity contribution is 7.99. The first-order valence-electron chi connectivity index (χ1n) is 7.78. The minimum Gasteiger partial charge on any atom is -0.491 e. The van der Waals surface area contributed by atoms with Crippen molar-refractivity contribution in [1.29, 1.82) is 0 Å². The summed E-state index contributed by atoms with van der Waals surface area (Å²) in [6.45, 7) is 0.190. The van der Waals surface area contributed by atoms with E-state index in [1.54, 1.807) is 29.8 Å². The molecule has 7 heteroatoms. The van der Waals surface area contributed by atoms with Crippen LogP contribution >= 0.6 is 11.8 Å². The fraction of sp³-hybridized carbons (Fsp3) is 0.222. The first kappa shape index (κ1) is 17.4. The Bertz CT molecular complexity index is 826. The van der Waals surface area contributed by atoms with Crippen molar-refractivity contribution in [1.82, 2.24) is 14.8 Å². The van der Waals surface area contributed by atoms with Crippen molar-refractivity contribution in [3.8, 4) is 17.1 Å². The van der Waals surface area contributed by atoms with E-state index in [1.807, 2.05) is 30.3 Å². The summed E-state index contributed by atoms with van der Waals surface area (Å²) in [6.07, 6.45) is -0.654. The molecule has 3 rings (SSSR count). The molecule has 0 radical (unpaired) electrons. The second-order valence-corrected chi connectivity index (χ2v) is 6.42. The summed E-state index contributed by atoms with van der Waals surface area (Å²) in [5.41, 5.74) is 0.400. The highest BCUT2D eigenvalue weighted by atomic mass is 32.2. The van der Waals surface area contributed by atoms with E-state index >= 15 is 0 Å². The maximum Gasteiger partial charge on any atom is 0.191 e. The Morgan fingerprint density at radius 3 is 2.60 bits per heavy atom. The van der Waals surface area contributed by atoms with Crippen LogP contribution in [0.25, 0.3) is 11.4 Å². The molecule has 5 nitrogen and oxygen atoms in total. The number of aliphatic hydroxyl groups is 1. The lowest BCUT2D eigenvalue weighted by atomic mass is 10.2. The smallest absolute Gasteiger partial charge is 0.191 e. The third kappa shape index (κ3) is 4.37. The Kier molecular flexibility index (Phi) is 5.67. The van der Waals surface area contributed by atoms with Crippen molar-refractivity contribution < 1.29 is 14.2 Å². The van der Waals surface area contributed by atoms with E-state index in [2.05, 4.69) is 10.2 Å². The van der Waals surface area contributed by atoms with Crippen LogP contribution in [0.15, 0.2) is 59.8 Å². The molecule has 0 amide bonds. The van der Waals surface area contributed by atoms with Gasteiger partial charge in [0.05, 0.1) is 11.7 Å². The van der Waals surface area contributed by atoms with Gasteiger partial charge in [0.25, 0.3) is 0 Å². The summed E-state index contributed by atoms with van der Waals surface area (Å²) in [5, 5.41) is 18.8. The maximum absolute atomic E-state index is 13.9. The van der Waals surface area contributed by atoms with Crippen LogP contribution in [0.4, 0.5) is 4.39 Å². The first-order valence-corrected chi connectivity index (χ1v) is 8.76. The Hall–Kier alpha value is -2.38. The number of rotatable bonds is 7. The number of hydrogen-bond acceptors (Lipinski definition) is 5. The fourth-order valence-corrected chi connectivity index (χ4v) is 3.06. The molecular formula is C18H18FN3O2S. The van der Waals surface area contributed by atoms with E-state index in [-0.39, 0.29) is 12.4 Å². The Balaban J connectivity index is 1.58. The quantitative estimate of drug-likeness (QED) is 0.657. The zero-order valence-corrected chi connectivity index (χ0v) is 14.5. The molecule has 0 bridgehead atoms. The fourth-order valence-electron chi connectivity index (χ4n) is 2.25. The van der Waals surface area contributed by atoms with Crippen LogP contribution in [0.3, 0.4) is 0 Å². The molecule has 1 aromatic heterocycles. The molecule has 25 heavy (non-hydrogen) atoms. The molecule has 1 atom stereocenters. The summed E-state index contributed by atoms with van der Waals surface area (Å²) in [4.78, 5) is 0. The van der Waals surface area contributed by atoms with Gasteiger partial charge < -0.3 is 14.4 Å². The molecule has 0 aliphatic carbocycles. The second-order valence-electron chi connectivity index (χ2n) is 5.43. The van der Waals surface area contributed by atoms with Gasteiger partial charge in [0.2, 0.25) is 0 Å². The zero-order chi connectivity index (χ0) is 17.6. The van der Waals surface area contributed by atoms with E-state index in [9.17, 15) is 9.50 Å². The van der Waals surface area contributed by atoms with Crippen LogP contribution in [-0.4, -0.2) is 38.3 Å². The van der Waals surface area contributed by atoms with Crippen molar-refractivity contribution in [2.75, 3.05) is 12.4 Å². The van der Waals surface area contributed by atoms with Crippen LogP contribution in [0.2, 0.25) is 0 Å². The highest BCUT2D eigenvalue weighted by Gasteiger charge is 2.15. The molecule has 3 aromatic rings. The SMILES string of the molecule is Cn1c(SC[C@@H](O)COc2ccccc2)nnc1-c1ccccc1F. The summed E-state index contributed by atoms with van der Waals surface area (Å²) < 4.78 is 21.1. The standard InChI is InChI=1S/C18H18FN3O2S/c1-22-17(15-9-5-6-10-16(15)19)20-21-18(22)25-12-13(23)11-24-14-7-3-2-4-8-14/h2-10,13,23H,11-12H2,1H3/t13-/m0/s1. The number of halogens is 1. The Morgan fingerprint density at radius 1 is 1.12 bits per heavy atom. The van der Waals surface area contributed by atoms with Crippen molar-refractivity contribution in [3.63, 3.8) is 0 Å². The number of aliphatic hydroxyl groups excluding tert-OH is 1. The van der Waals surface area contributed by atoms with Gasteiger partial charge in [-0.05, 0) is 24.3 Å². The molecule has 1 N–H and O–H groups in total. The third-order valence-electron chi connectivity index (χ3n) is 3.54. The normalized spacial score (nSPS) is 12.1. The van der Waals surface area contributed by atoms with E-state index in [0.717, 1.165) is 0 Å². The molecule has 0 fully saturated rings. The minimum atomic E-state index is -0.654. The molecule has 0 saturated carbocycles. The van der Waals surface area contributed by atoms with Crippen LogP contribution in [-0.2, 0) is 7.05 Å². The van der Waals surface area contributed by atoms with E-state index in [4.69, 9.17) is 4.74 Å². The van der Waals surface area contributed by atoms with Gasteiger partial charge in [0, 0.05) is 12.8 Å². The van der Waals surface area contributed by atoms with E-state index in [1.165, 1.54) is 17.8 Å². The average Bonchev–Trinajstić information content (AvgIpc) is 3.00. The largest absolute Gasteiger partial charge is 0.491 e. The number of aromatic nitrogens is 3. The topological polar surface area (TPSA) is 60.2 Å². The summed E-state index contributed by atoms with van der Waals surface area (Å²) in [7, 11) is 1.77. The number of nitrogens with zero attached hydrogens (tertiary/aromatic N) is 3. The molecule has 0 aliphatic rings. The van der Waals surface area contributed by atoms with Gasteiger partial charge in [-0.3, -0.25) is 0 Å². The number of para-hydroxylation sites is 1. The number of thioether (sulfide) groups is 1. The van der Waals surface area contributed by atoms with Gasteiger partial charge in [-0.25, -0.2) is 4.39 Å². The van der Waals surface area contributed by atoms with Crippen LogP contribution in [0.1, 0.15) is 0 Å². The molecule has 1 heterocycles. The number of benzene rings is 2. The molecule has 0 unspecified atom stereocenters. The van der Waals surface area contributed by atoms with Gasteiger partial charge >= 0.3 is 0 Å². The average molecular weight is 359 g/mol. The van der Waals surface area contributed by atoms with E-state index in [0.29, 0.717) is 28.0 Å². The predicted octanol–water partition coefficient (Wildman–Crippen LogP) is 3.15. The molecule has 0 aliphatic heterocycles. The molecule has 0 saturated heterocycles. The maximum atomic E-state index is 13.9. The molecule has 0 spiro atoms. The van der Waals surface area contributed by atoms with Gasteiger partial charge in [-0.1, -0.05) is 42.1 Å². The molecule has 130 valence electrons. The van der Waals surface area contributed by atoms with Gasteiger partial charge in [0.15, 0.2) is 11.0 Å². The highest BCUT2D eigenvalue weighted by Crippen LogP contribution is 2.25. The van der Waals surface area contributed by atoms with Gasteiger partial charge in [-0.2, -0.15) is 0 Å². The molecular weight excluding hydrogens is 341 g/mol. The monoisotopic (exact) mass is 359 g/mol. The summed E-state index contributed by atoms with van der Waals surface area (Å²) in [6, 6.07) is 15.8. The summed E-state index contributed by atoms with van der Waals surface area (Å²) in [5.74, 6) is 1.23. The van der Waals surface area contributed by atoms with Crippen LogP contribution < -0.4 is 4.74 Å². The van der Waals surface area contributed by atoms with Crippen molar-refractivity contribution in [3.05, 3.63) is 60.4 Å². The first-order chi connectivity index (χ1) is 12.1. The minimum absolute atomic E-state index is 0.190. The van der Waals surface area contributed by atoms with Crippen LogP contribution in [0, 0.1) is 5.82 Å². The lowest BCUT2D eigenvalue weighted by molar-refractivity contribution is 0.126. The van der Waals surface area contributed by atoms with Crippen molar-refractivity contribution >= 4 is 11.8 Å². The molecule has 2 aromatic carbocycles. The van der Waals surface area contributed by atoms with Crippen LogP contribution in [0.5, 0.6) is 5.75 Å².